The fraction of sp³-hybridized carbons (Fsp3) is 0.556. The molecule has 1 amide bonds. The third-order valence-corrected chi connectivity index (χ3v) is 4.14. The maximum atomic E-state index is 12.2. The van der Waals surface area contributed by atoms with E-state index in [4.69, 9.17) is 4.74 Å². The molecule has 126 valence electrons. The van der Waals surface area contributed by atoms with Crippen LogP contribution in [0.15, 0.2) is 29.4 Å². The molecular weight excluding hydrogens is 290 g/mol. The summed E-state index contributed by atoms with van der Waals surface area (Å²) in [6.07, 6.45) is 4.57. The van der Waals surface area contributed by atoms with Crippen molar-refractivity contribution in [2.24, 2.45) is 11.0 Å². The van der Waals surface area contributed by atoms with E-state index in [-0.39, 0.29) is 11.9 Å². The van der Waals surface area contributed by atoms with E-state index < -0.39 is 0 Å². The lowest BCUT2D eigenvalue weighted by Gasteiger charge is -2.20. The van der Waals surface area contributed by atoms with Gasteiger partial charge in [0.05, 0.1) is 6.61 Å². The van der Waals surface area contributed by atoms with Crippen LogP contribution >= 0.6 is 0 Å². The number of hydrogen-bond donors (Lipinski definition) is 2. The molecule has 0 radical (unpaired) electrons. The molecule has 0 aliphatic heterocycles. The van der Waals surface area contributed by atoms with E-state index in [0.717, 1.165) is 30.0 Å². The van der Waals surface area contributed by atoms with Gasteiger partial charge in [0, 0.05) is 11.4 Å². The van der Waals surface area contributed by atoms with Gasteiger partial charge in [0.1, 0.15) is 11.8 Å². The second-order valence-electron chi connectivity index (χ2n) is 6.05. The van der Waals surface area contributed by atoms with Gasteiger partial charge in [-0.25, -0.2) is 5.43 Å². The van der Waals surface area contributed by atoms with Gasteiger partial charge in [-0.3, -0.25) is 4.79 Å². The number of hydrazone groups is 1. The largest absolute Gasteiger partial charge is 0.494 e. The molecule has 1 aromatic rings. The molecule has 1 aliphatic carbocycles. The van der Waals surface area contributed by atoms with Crippen LogP contribution in [0.1, 0.15) is 46.5 Å². The van der Waals surface area contributed by atoms with Crippen LogP contribution in [0.25, 0.3) is 0 Å². The summed E-state index contributed by atoms with van der Waals surface area (Å²) in [7, 11) is 0. The number of nitrogens with zero attached hydrogens (tertiary/aromatic N) is 1. The van der Waals surface area contributed by atoms with Crippen molar-refractivity contribution >= 4 is 17.3 Å². The van der Waals surface area contributed by atoms with E-state index in [1.54, 1.807) is 0 Å². The predicted octanol–water partition coefficient (Wildman–Crippen LogP) is 3.57. The molecule has 2 atom stereocenters. The first-order valence-corrected chi connectivity index (χ1v) is 8.46. The summed E-state index contributed by atoms with van der Waals surface area (Å²) < 4.78 is 5.40. The standard InChI is InChI=1S/C18H27N3O2/c1-4-23-16-11-9-15(10-12-16)19-14(3)18(22)21-20-17-8-6-5-7-13(17)2/h9-14,19H,4-8H2,1-3H3,(H,21,22)/t13-,14+/m0/s1. The first-order chi connectivity index (χ1) is 11.1. The Morgan fingerprint density at radius 3 is 2.74 bits per heavy atom. The Labute approximate surface area is 138 Å². The van der Waals surface area contributed by atoms with Crippen LogP contribution < -0.4 is 15.5 Å². The van der Waals surface area contributed by atoms with Crippen molar-refractivity contribution in [2.75, 3.05) is 11.9 Å². The summed E-state index contributed by atoms with van der Waals surface area (Å²) in [5, 5.41) is 7.50. The molecule has 1 fully saturated rings. The average molecular weight is 317 g/mol. The highest BCUT2D eigenvalue weighted by Crippen LogP contribution is 2.20. The second-order valence-corrected chi connectivity index (χ2v) is 6.05. The lowest BCUT2D eigenvalue weighted by molar-refractivity contribution is -0.121. The van der Waals surface area contributed by atoms with Gasteiger partial charge in [-0.05, 0) is 63.3 Å². The molecule has 0 bridgehead atoms. The smallest absolute Gasteiger partial charge is 0.262 e. The molecule has 0 saturated heterocycles. The SMILES string of the molecule is CCOc1ccc(N[C@H](C)C(=O)NN=C2CCCC[C@@H]2C)cc1. The van der Waals surface area contributed by atoms with Crippen LogP contribution in [-0.4, -0.2) is 24.3 Å². The summed E-state index contributed by atoms with van der Waals surface area (Å²) in [5.41, 5.74) is 4.69. The number of carbonyl (C=O) groups excluding carboxylic acids is 1. The molecule has 2 rings (SSSR count). The van der Waals surface area contributed by atoms with Gasteiger partial charge in [0.2, 0.25) is 0 Å². The third kappa shape index (κ3) is 5.27. The zero-order valence-corrected chi connectivity index (χ0v) is 14.3. The summed E-state index contributed by atoms with van der Waals surface area (Å²) in [5.74, 6) is 1.18. The van der Waals surface area contributed by atoms with Crippen LogP contribution in [0.3, 0.4) is 0 Å². The Balaban J connectivity index is 1.85. The van der Waals surface area contributed by atoms with E-state index in [0.29, 0.717) is 12.5 Å². The zero-order chi connectivity index (χ0) is 16.7. The Bertz CT molecular complexity index is 540. The van der Waals surface area contributed by atoms with Crippen LogP contribution in [-0.2, 0) is 4.79 Å². The Morgan fingerprint density at radius 2 is 2.09 bits per heavy atom. The van der Waals surface area contributed by atoms with Crippen molar-refractivity contribution in [2.45, 2.75) is 52.5 Å². The number of benzene rings is 1. The fourth-order valence-corrected chi connectivity index (χ4v) is 2.69. The quantitative estimate of drug-likeness (QED) is 0.788. The zero-order valence-electron chi connectivity index (χ0n) is 14.3. The highest BCUT2D eigenvalue weighted by Gasteiger charge is 2.17. The van der Waals surface area contributed by atoms with E-state index in [9.17, 15) is 4.79 Å². The van der Waals surface area contributed by atoms with Gasteiger partial charge < -0.3 is 10.1 Å². The molecule has 0 heterocycles. The average Bonchev–Trinajstić information content (AvgIpc) is 2.56. The topological polar surface area (TPSA) is 62.7 Å². The maximum absolute atomic E-state index is 12.2. The van der Waals surface area contributed by atoms with Crippen LogP contribution in [0.4, 0.5) is 5.69 Å². The minimum atomic E-state index is -0.351. The number of ether oxygens (including phenoxy) is 1. The number of amides is 1. The lowest BCUT2D eigenvalue weighted by Crippen LogP contribution is -2.36. The van der Waals surface area contributed by atoms with E-state index in [1.807, 2.05) is 38.1 Å². The predicted molar refractivity (Wildman–Crippen MR) is 93.9 cm³/mol. The highest BCUT2D eigenvalue weighted by atomic mass is 16.5. The van der Waals surface area contributed by atoms with Crippen LogP contribution in [0.5, 0.6) is 5.75 Å². The summed E-state index contributed by atoms with van der Waals surface area (Å²) in [6, 6.07) is 7.24. The molecule has 5 heteroatoms. The van der Waals surface area contributed by atoms with Crippen molar-refractivity contribution in [1.82, 2.24) is 5.43 Å². The second kappa shape index (κ2) is 8.56. The Hall–Kier alpha value is -2.04. The molecule has 0 aromatic heterocycles. The van der Waals surface area contributed by atoms with E-state index >= 15 is 0 Å². The van der Waals surface area contributed by atoms with Gasteiger partial charge in [0.25, 0.3) is 5.91 Å². The minimum Gasteiger partial charge on any atom is -0.494 e. The summed E-state index contributed by atoms with van der Waals surface area (Å²) in [4.78, 5) is 12.2. The van der Waals surface area contributed by atoms with Crippen LogP contribution in [0, 0.1) is 5.92 Å². The molecule has 0 unspecified atom stereocenters. The molecule has 5 nitrogen and oxygen atoms in total. The molecule has 1 aromatic carbocycles. The first-order valence-electron chi connectivity index (χ1n) is 8.46. The van der Waals surface area contributed by atoms with E-state index in [2.05, 4.69) is 22.8 Å². The van der Waals surface area contributed by atoms with Crippen molar-refractivity contribution in [3.8, 4) is 5.75 Å². The monoisotopic (exact) mass is 317 g/mol. The van der Waals surface area contributed by atoms with Gasteiger partial charge in [0.15, 0.2) is 0 Å². The van der Waals surface area contributed by atoms with Gasteiger partial charge in [-0.15, -0.1) is 0 Å². The highest BCUT2D eigenvalue weighted by molar-refractivity contribution is 5.90. The normalized spacial score (nSPS) is 20.8. The number of anilines is 1. The van der Waals surface area contributed by atoms with Crippen molar-refractivity contribution in [3.63, 3.8) is 0 Å². The number of hydrogen-bond acceptors (Lipinski definition) is 4. The molecule has 1 aliphatic rings. The Kier molecular flexibility index (Phi) is 6.44. The van der Waals surface area contributed by atoms with Crippen molar-refractivity contribution < 1.29 is 9.53 Å². The molecule has 1 saturated carbocycles. The fourth-order valence-electron chi connectivity index (χ4n) is 2.69. The molecular formula is C18H27N3O2. The maximum Gasteiger partial charge on any atom is 0.262 e. The van der Waals surface area contributed by atoms with E-state index in [1.165, 1.54) is 12.8 Å². The number of nitrogens with one attached hydrogen (secondary N) is 2. The number of carbonyl (C=O) groups is 1. The Morgan fingerprint density at radius 1 is 1.35 bits per heavy atom. The summed E-state index contributed by atoms with van der Waals surface area (Å²) in [6.45, 7) is 6.60. The number of rotatable bonds is 6. The lowest BCUT2D eigenvalue weighted by atomic mass is 9.89. The third-order valence-electron chi connectivity index (χ3n) is 4.14. The molecule has 0 spiro atoms. The van der Waals surface area contributed by atoms with Gasteiger partial charge in [-0.1, -0.05) is 13.3 Å². The molecule has 2 N–H and O–H groups in total. The minimum absolute atomic E-state index is 0.121. The molecule has 23 heavy (non-hydrogen) atoms. The first kappa shape index (κ1) is 17.3. The van der Waals surface area contributed by atoms with Crippen LogP contribution in [0.2, 0.25) is 0 Å². The summed E-state index contributed by atoms with van der Waals surface area (Å²) >= 11 is 0. The van der Waals surface area contributed by atoms with Crippen molar-refractivity contribution in [1.29, 1.82) is 0 Å². The van der Waals surface area contributed by atoms with Gasteiger partial charge in [-0.2, -0.15) is 5.10 Å². The van der Waals surface area contributed by atoms with Gasteiger partial charge >= 0.3 is 0 Å². The van der Waals surface area contributed by atoms with Crippen molar-refractivity contribution in [3.05, 3.63) is 24.3 Å².